The van der Waals surface area contributed by atoms with Gasteiger partial charge < -0.3 is 19.0 Å². The van der Waals surface area contributed by atoms with E-state index in [1.807, 2.05) is 12.1 Å². The highest BCUT2D eigenvalue weighted by Crippen LogP contribution is 2.09. The summed E-state index contributed by atoms with van der Waals surface area (Å²) in [7, 11) is 0. The largest absolute Gasteiger partial charge is 0.467 e. The van der Waals surface area contributed by atoms with E-state index < -0.39 is 6.10 Å². The van der Waals surface area contributed by atoms with Gasteiger partial charge in [0.05, 0.1) is 25.6 Å². The van der Waals surface area contributed by atoms with E-state index in [1.54, 1.807) is 6.26 Å². The van der Waals surface area contributed by atoms with Crippen molar-refractivity contribution in [1.82, 2.24) is 4.90 Å². The van der Waals surface area contributed by atoms with Crippen LogP contribution >= 0.6 is 0 Å². The minimum atomic E-state index is -0.476. The monoisotopic (exact) mass is 269 g/mol. The summed E-state index contributed by atoms with van der Waals surface area (Å²) in [5, 5.41) is 10.0. The molecular weight excluding hydrogens is 246 g/mol. The van der Waals surface area contributed by atoms with Gasteiger partial charge in [-0.25, -0.2) is 0 Å². The van der Waals surface area contributed by atoms with Crippen LogP contribution in [-0.2, 0) is 16.1 Å². The number of rotatable bonds is 6. The molecule has 1 saturated heterocycles. The van der Waals surface area contributed by atoms with Gasteiger partial charge in [-0.15, -0.1) is 0 Å². The zero-order chi connectivity index (χ0) is 13.5. The summed E-state index contributed by atoms with van der Waals surface area (Å²) in [6.07, 6.45) is 2.16. The van der Waals surface area contributed by atoms with Gasteiger partial charge >= 0.3 is 0 Å². The van der Waals surface area contributed by atoms with Crippen molar-refractivity contribution in [3.63, 3.8) is 0 Å². The van der Waals surface area contributed by atoms with Crippen molar-refractivity contribution in [2.45, 2.75) is 32.1 Å². The molecule has 1 fully saturated rings. The smallest absolute Gasteiger partial charge is 0.129 e. The third kappa shape index (κ3) is 4.95. The van der Waals surface area contributed by atoms with Gasteiger partial charge in [0.1, 0.15) is 12.4 Å². The Hall–Kier alpha value is -0.880. The second-order valence-electron chi connectivity index (χ2n) is 4.99. The fourth-order valence-corrected chi connectivity index (χ4v) is 2.23. The molecule has 108 valence electrons. The second kappa shape index (κ2) is 7.65. The number of nitrogens with zero attached hydrogens (tertiary/aromatic N) is 1. The predicted molar refractivity (Wildman–Crippen MR) is 70.8 cm³/mol. The van der Waals surface area contributed by atoms with Crippen LogP contribution in [0.25, 0.3) is 0 Å². The van der Waals surface area contributed by atoms with Crippen LogP contribution in [0, 0.1) is 0 Å². The molecule has 0 aromatic carbocycles. The van der Waals surface area contributed by atoms with E-state index in [9.17, 15) is 5.11 Å². The SMILES string of the molecule is CC1CCOCCN1CC(O)COCc1ccco1. The van der Waals surface area contributed by atoms with Gasteiger partial charge in [-0.2, -0.15) is 0 Å². The van der Waals surface area contributed by atoms with Crippen LogP contribution in [0.5, 0.6) is 0 Å². The molecule has 19 heavy (non-hydrogen) atoms. The Morgan fingerprint density at radius 2 is 2.42 bits per heavy atom. The fourth-order valence-electron chi connectivity index (χ4n) is 2.23. The molecular formula is C14H23NO4. The van der Waals surface area contributed by atoms with Crippen molar-refractivity contribution in [3.8, 4) is 0 Å². The highest BCUT2D eigenvalue weighted by Gasteiger charge is 2.19. The van der Waals surface area contributed by atoms with Crippen LogP contribution in [-0.4, -0.2) is 55.1 Å². The molecule has 5 nitrogen and oxygen atoms in total. The first kappa shape index (κ1) is 14.5. The van der Waals surface area contributed by atoms with Crippen molar-refractivity contribution in [2.75, 3.05) is 32.9 Å². The van der Waals surface area contributed by atoms with Crippen molar-refractivity contribution < 1.29 is 19.0 Å². The summed E-state index contributed by atoms with van der Waals surface area (Å²) in [5.74, 6) is 0.781. The topological polar surface area (TPSA) is 55.1 Å². The first-order valence-corrected chi connectivity index (χ1v) is 6.85. The van der Waals surface area contributed by atoms with Crippen LogP contribution < -0.4 is 0 Å². The van der Waals surface area contributed by atoms with E-state index in [0.29, 0.717) is 25.8 Å². The van der Waals surface area contributed by atoms with Crippen molar-refractivity contribution >= 4 is 0 Å². The summed E-state index contributed by atoms with van der Waals surface area (Å²) in [6, 6.07) is 4.14. The third-order valence-corrected chi connectivity index (χ3v) is 3.41. The zero-order valence-corrected chi connectivity index (χ0v) is 11.5. The summed E-state index contributed by atoms with van der Waals surface area (Å²) in [6.45, 7) is 5.95. The van der Waals surface area contributed by atoms with Crippen LogP contribution in [0.2, 0.25) is 0 Å². The molecule has 0 amide bonds. The zero-order valence-electron chi connectivity index (χ0n) is 11.5. The maximum absolute atomic E-state index is 10.0. The molecule has 2 rings (SSSR count). The van der Waals surface area contributed by atoms with Crippen LogP contribution in [0.4, 0.5) is 0 Å². The average molecular weight is 269 g/mol. The number of hydrogen-bond acceptors (Lipinski definition) is 5. The molecule has 0 spiro atoms. The Morgan fingerprint density at radius 1 is 1.53 bits per heavy atom. The molecule has 0 radical (unpaired) electrons. The minimum Gasteiger partial charge on any atom is -0.467 e. The lowest BCUT2D eigenvalue weighted by molar-refractivity contribution is -0.000531. The lowest BCUT2D eigenvalue weighted by Crippen LogP contribution is -2.41. The Kier molecular flexibility index (Phi) is 5.85. The summed E-state index contributed by atoms with van der Waals surface area (Å²) in [4.78, 5) is 2.26. The lowest BCUT2D eigenvalue weighted by Gasteiger charge is -2.28. The predicted octanol–water partition coefficient (Wildman–Crippen LogP) is 1.27. The molecule has 1 aromatic rings. The molecule has 2 heterocycles. The van der Waals surface area contributed by atoms with E-state index in [0.717, 1.165) is 31.9 Å². The molecule has 2 unspecified atom stereocenters. The number of β-amino-alcohol motifs (C(OH)–C–C–N with tert-alkyl or cyclic N) is 1. The van der Waals surface area contributed by atoms with Crippen LogP contribution in [0.15, 0.2) is 22.8 Å². The Bertz CT molecular complexity index is 341. The van der Waals surface area contributed by atoms with Gasteiger partial charge in [0, 0.05) is 25.7 Å². The van der Waals surface area contributed by atoms with Crippen molar-refractivity contribution in [3.05, 3.63) is 24.2 Å². The standard InChI is InChI=1S/C14H23NO4/c1-12-4-7-17-8-5-15(12)9-13(16)10-18-11-14-3-2-6-19-14/h2-3,6,12-13,16H,4-5,7-11H2,1H3. The summed E-state index contributed by atoms with van der Waals surface area (Å²) >= 11 is 0. The minimum absolute atomic E-state index is 0.324. The van der Waals surface area contributed by atoms with Gasteiger partial charge in [-0.3, -0.25) is 4.90 Å². The van der Waals surface area contributed by atoms with Gasteiger partial charge in [0.2, 0.25) is 0 Å². The van der Waals surface area contributed by atoms with E-state index in [2.05, 4.69) is 11.8 Å². The molecule has 0 aliphatic carbocycles. The van der Waals surface area contributed by atoms with Gasteiger partial charge in [-0.05, 0) is 25.5 Å². The Morgan fingerprint density at radius 3 is 3.21 bits per heavy atom. The summed E-state index contributed by atoms with van der Waals surface area (Å²) < 4.78 is 16.1. The van der Waals surface area contributed by atoms with Gasteiger partial charge in [-0.1, -0.05) is 0 Å². The first-order valence-electron chi connectivity index (χ1n) is 6.85. The first-order chi connectivity index (χ1) is 9.25. The highest BCUT2D eigenvalue weighted by atomic mass is 16.5. The summed E-state index contributed by atoms with van der Waals surface area (Å²) in [5.41, 5.74) is 0. The molecule has 0 bridgehead atoms. The fraction of sp³-hybridized carbons (Fsp3) is 0.714. The lowest BCUT2D eigenvalue weighted by atomic mass is 10.2. The van der Waals surface area contributed by atoms with Crippen molar-refractivity contribution in [1.29, 1.82) is 0 Å². The molecule has 5 heteroatoms. The molecule has 0 saturated carbocycles. The second-order valence-corrected chi connectivity index (χ2v) is 4.99. The molecule has 1 aromatic heterocycles. The van der Waals surface area contributed by atoms with Gasteiger partial charge in [0.25, 0.3) is 0 Å². The normalized spacial score (nSPS) is 23.2. The number of aliphatic hydroxyl groups is 1. The maximum Gasteiger partial charge on any atom is 0.129 e. The van der Waals surface area contributed by atoms with Crippen molar-refractivity contribution in [2.24, 2.45) is 0 Å². The quantitative estimate of drug-likeness (QED) is 0.843. The molecule has 1 N–H and O–H groups in total. The molecule has 2 atom stereocenters. The van der Waals surface area contributed by atoms with E-state index >= 15 is 0 Å². The molecule has 1 aliphatic heterocycles. The maximum atomic E-state index is 10.0. The number of ether oxygens (including phenoxy) is 2. The average Bonchev–Trinajstić information content (AvgIpc) is 2.82. The number of hydrogen-bond donors (Lipinski definition) is 1. The molecule has 1 aliphatic rings. The van der Waals surface area contributed by atoms with Crippen LogP contribution in [0.1, 0.15) is 19.1 Å². The van der Waals surface area contributed by atoms with Gasteiger partial charge in [0.15, 0.2) is 0 Å². The number of furan rings is 1. The number of aliphatic hydroxyl groups excluding tert-OH is 1. The van der Waals surface area contributed by atoms with E-state index in [1.165, 1.54) is 0 Å². The third-order valence-electron chi connectivity index (χ3n) is 3.41. The van der Waals surface area contributed by atoms with E-state index in [-0.39, 0.29) is 0 Å². The highest BCUT2D eigenvalue weighted by molar-refractivity contribution is 4.96. The Labute approximate surface area is 114 Å². The Balaban J connectivity index is 1.66. The van der Waals surface area contributed by atoms with Crippen LogP contribution in [0.3, 0.4) is 0 Å². The van der Waals surface area contributed by atoms with E-state index in [4.69, 9.17) is 13.9 Å².